The Morgan fingerprint density at radius 2 is 1.53 bits per heavy atom. The number of benzene rings is 2. The number of rotatable bonds is 8. The van der Waals surface area contributed by atoms with Gasteiger partial charge in [-0.25, -0.2) is 0 Å². The number of halogens is 6. The zero-order valence-corrected chi connectivity index (χ0v) is 21.5. The summed E-state index contributed by atoms with van der Waals surface area (Å²) >= 11 is 0. The van der Waals surface area contributed by atoms with Crippen LogP contribution in [0.1, 0.15) is 57.1 Å². The first-order valence-corrected chi connectivity index (χ1v) is 12.9. The molecule has 1 saturated heterocycles. The van der Waals surface area contributed by atoms with Crippen molar-refractivity contribution in [1.82, 2.24) is 4.90 Å². The molecule has 0 spiro atoms. The van der Waals surface area contributed by atoms with Crippen LogP contribution in [0.25, 0.3) is 0 Å². The molecule has 1 unspecified atom stereocenters. The minimum atomic E-state index is -4.77. The van der Waals surface area contributed by atoms with Crippen LogP contribution >= 0.6 is 0 Å². The highest BCUT2D eigenvalue weighted by atomic mass is 19.4. The molecule has 1 saturated carbocycles. The lowest BCUT2D eigenvalue weighted by Gasteiger charge is -2.43. The molecule has 210 valence electrons. The number of carbonyl (C=O) groups is 1. The number of nitrogens with zero attached hydrogens (tertiary/aromatic N) is 1. The van der Waals surface area contributed by atoms with Crippen molar-refractivity contribution in [2.45, 2.75) is 63.9 Å². The molecule has 2 aromatic carbocycles. The van der Waals surface area contributed by atoms with Crippen LogP contribution in [0.5, 0.6) is 11.5 Å². The Balaban J connectivity index is 0.00000195. The van der Waals surface area contributed by atoms with E-state index in [4.69, 9.17) is 4.74 Å². The summed E-state index contributed by atoms with van der Waals surface area (Å²) in [4.78, 5) is 15.4. The highest BCUT2D eigenvalue weighted by Gasteiger charge is 2.45. The van der Waals surface area contributed by atoms with E-state index in [1.54, 1.807) is 0 Å². The lowest BCUT2D eigenvalue weighted by molar-refractivity contribution is -0.274. The van der Waals surface area contributed by atoms with Crippen molar-refractivity contribution < 1.29 is 40.6 Å². The third-order valence-corrected chi connectivity index (χ3v) is 7.02. The molecule has 0 amide bonds. The van der Waals surface area contributed by atoms with Gasteiger partial charge in [0.05, 0.1) is 24.1 Å². The zero-order valence-electron chi connectivity index (χ0n) is 21.5. The Bertz CT molecular complexity index is 1030. The molecule has 1 aliphatic carbocycles. The van der Waals surface area contributed by atoms with E-state index in [2.05, 4.69) is 9.64 Å². The summed E-state index contributed by atoms with van der Waals surface area (Å²) in [5, 5.41) is 0. The van der Waals surface area contributed by atoms with Crippen LogP contribution in [-0.2, 0) is 16.4 Å². The summed E-state index contributed by atoms with van der Waals surface area (Å²) in [6.45, 7) is 5.94. The Labute approximate surface area is 218 Å². The summed E-state index contributed by atoms with van der Waals surface area (Å²) in [6.07, 6.45) is -5.24. The molecule has 0 radical (unpaired) electrons. The summed E-state index contributed by atoms with van der Waals surface area (Å²) in [6, 6.07) is 10.1. The fourth-order valence-corrected chi connectivity index (χ4v) is 4.97. The lowest BCUT2D eigenvalue weighted by atomic mass is 9.61. The maximum Gasteiger partial charge on any atom is 0.573 e. The van der Waals surface area contributed by atoms with Crippen LogP contribution in [0.15, 0.2) is 48.5 Å². The van der Waals surface area contributed by atoms with Crippen molar-refractivity contribution in [3.05, 3.63) is 59.7 Å². The summed E-state index contributed by atoms with van der Waals surface area (Å²) < 4.78 is 85.2. The maximum atomic E-state index is 13.4. The van der Waals surface area contributed by atoms with Crippen LogP contribution in [0.2, 0.25) is 0 Å². The molecule has 2 aromatic rings. The Hall–Kier alpha value is -2.75. The van der Waals surface area contributed by atoms with E-state index in [9.17, 15) is 31.1 Å². The number of piperidine rings is 1. The molecule has 1 atom stereocenters. The monoisotopic (exact) mass is 545 g/mol. The molecular formula is C28H33F6NO3. The quantitative estimate of drug-likeness (QED) is 0.324. The molecule has 1 aliphatic heterocycles. The number of hydrogen-bond acceptors (Lipinski definition) is 4. The zero-order chi connectivity index (χ0) is 28.0. The Morgan fingerprint density at radius 3 is 2.05 bits per heavy atom. The second-order valence-electron chi connectivity index (χ2n) is 9.51. The minimum absolute atomic E-state index is 0.0440. The minimum Gasteiger partial charge on any atom is -0.493 e. The van der Waals surface area contributed by atoms with Gasteiger partial charge in [0, 0.05) is 12.5 Å². The van der Waals surface area contributed by atoms with Gasteiger partial charge in [-0.2, -0.15) is 13.2 Å². The standard InChI is InChI=1S/C26H27F6NO3.C2H6/c27-25(28,29)20-6-8-21(9-7-20)35-17-18-3-1-14-33(15-18)16-23(34)24(12-2-13-24)19-4-10-22(11-5-19)36-26(30,31)32;1-2/h4-11,18H,1-3,12-17H2;1-2H3. The first-order chi connectivity index (χ1) is 17.9. The lowest BCUT2D eigenvalue weighted by Crippen LogP contribution is -2.49. The molecule has 1 heterocycles. The molecule has 0 N–H and O–H groups in total. The SMILES string of the molecule is CC.O=C(CN1CCCC(COc2ccc(C(F)(F)F)cc2)C1)C1(c2ccc(OC(F)(F)F)cc2)CCC1. The van der Waals surface area contributed by atoms with Gasteiger partial charge in [0.2, 0.25) is 0 Å². The fourth-order valence-electron chi connectivity index (χ4n) is 4.97. The first kappa shape index (κ1) is 29.8. The molecule has 2 aliphatic rings. The average molecular weight is 546 g/mol. The van der Waals surface area contributed by atoms with Crippen molar-refractivity contribution >= 4 is 5.78 Å². The predicted octanol–water partition coefficient (Wildman–Crippen LogP) is 7.41. The molecule has 0 bridgehead atoms. The molecule has 4 rings (SSSR count). The number of likely N-dealkylation sites (tertiary alicyclic amines) is 1. The Morgan fingerprint density at radius 1 is 0.921 bits per heavy atom. The van der Waals surface area contributed by atoms with Crippen molar-refractivity contribution in [2.75, 3.05) is 26.2 Å². The van der Waals surface area contributed by atoms with E-state index in [0.29, 0.717) is 37.3 Å². The van der Waals surface area contributed by atoms with Crippen LogP contribution < -0.4 is 9.47 Å². The number of hydrogen-bond donors (Lipinski definition) is 0. The van der Waals surface area contributed by atoms with Gasteiger partial charge in [0.15, 0.2) is 5.78 Å². The van der Waals surface area contributed by atoms with E-state index in [-0.39, 0.29) is 24.0 Å². The smallest absolute Gasteiger partial charge is 0.493 e. The molecular weight excluding hydrogens is 512 g/mol. The fraction of sp³-hybridized carbons (Fsp3) is 0.536. The second kappa shape index (κ2) is 12.4. The van der Waals surface area contributed by atoms with E-state index in [0.717, 1.165) is 37.9 Å². The van der Waals surface area contributed by atoms with Gasteiger partial charge in [0.25, 0.3) is 0 Å². The van der Waals surface area contributed by atoms with Gasteiger partial charge in [-0.1, -0.05) is 32.4 Å². The molecule has 2 fully saturated rings. The van der Waals surface area contributed by atoms with Gasteiger partial charge >= 0.3 is 12.5 Å². The van der Waals surface area contributed by atoms with Crippen LogP contribution in [0.4, 0.5) is 26.3 Å². The molecule has 0 aromatic heterocycles. The second-order valence-corrected chi connectivity index (χ2v) is 9.51. The highest BCUT2D eigenvalue weighted by molar-refractivity contribution is 5.92. The van der Waals surface area contributed by atoms with Crippen molar-refractivity contribution in [2.24, 2.45) is 5.92 Å². The van der Waals surface area contributed by atoms with Crippen LogP contribution in [-0.4, -0.2) is 43.3 Å². The largest absolute Gasteiger partial charge is 0.573 e. The van der Waals surface area contributed by atoms with Crippen molar-refractivity contribution in [3.8, 4) is 11.5 Å². The molecule has 38 heavy (non-hydrogen) atoms. The number of alkyl halides is 6. The van der Waals surface area contributed by atoms with Crippen molar-refractivity contribution in [1.29, 1.82) is 0 Å². The number of carbonyl (C=O) groups excluding carboxylic acids is 1. The Kier molecular flexibility index (Phi) is 9.73. The normalized spacial score (nSPS) is 19.5. The van der Waals surface area contributed by atoms with E-state index < -0.39 is 23.5 Å². The predicted molar refractivity (Wildman–Crippen MR) is 131 cm³/mol. The summed E-state index contributed by atoms with van der Waals surface area (Å²) in [5.74, 6) is 0.218. The van der Waals surface area contributed by atoms with E-state index >= 15 is 0 Å². The average Bonchev–Trinajstić information content (AvgIpc) is 2.83. The first-order valence-electron chi connectivity index (χ1n) is 12.9. The van der Waals surface area contributed by atoms with Crippen LogP contribution in [0.3, 0.4) is 0 Å². The summed E-state index contributed by atoms with van der Waals surface area (Å²) in [5.41, 5.74) is -0.724. The van der Waals surface area contributed by atoms with Crippen LogP contribution in [0, 0.1) is 5.92 Å². The number of Topliss-reactive ketones (excluding diaryl/α,β-unsaturated/α-hetero) is 1. The van der Waals surface area contributed by atoms with Gasteiger partial charge in [-0.05, 0) is 74.2 Å². The topological polar surface area (TPSA) is 38.8 Å². The number of ether oxygens (including phenoxy) is 2. The van der Waals surface area contributed by atoms with E-state index in [1.807, 2.05) is 13.8 Å². The number of ketones is 1. The third-order valence-electron chi connectivity index (χ3n) is 7.02. The molecule has 10 heteroatoms. The van der Waals surface area contributed by atoms with Crippen molar-refractivity contribution in [3.63, 3.8) is 0 Å². The molecule has 4 nitrogen and oxygen atoms in total. The van der Waals surface area contributed by atoms with E-state index in [1.165, 1.54) is 36.4 Å². The van der Waals surface area contributed by atoms with Gasteiger partial charge in [0.1, 0.15) is 11.5 Å². The summed E-state index contributed by atoms with van der Waals surface area (Å²) in [7, 11) is 0. The maximum absolute atomic E-state index is 13.4. The highest BCUT2D eigenvalue weighted by Crippen LogP contribution is 2.45. The van der Waals surface area contributed by atoms with Gasteiger partial charge in [-0.3, -0.25) is 9.69 Å². The van der Waals surface area contributed by atoms with Gasteiger partial charge < -0.3 is 9.47 Å². The third kappa shape index (κ3) is 7.65. The van der Waals surface area contributed by atoms with Gasteiger partial charge in [-0.15, -0.1) is 13.2 Å².